The van der Waals surface area contributed by atoms with Gasteiger partial charge in [-0.3, -0.25) is 0 Å². The maximum Gasteiger partial charge on any atom is 0.158 e. The van der Waals surface area contributed by atoms with Crippen molar-refractivity contribution in [3.05, 3.63) is 24.3 Å². The standard InChI is InChI=1S/C34H58O7/c1-2-3-6-15-27(39-32-17-8-12-23-36-32)20-21-29-28(16-7-4-5-11-22-35)30(40-33-18-9-13-24-37-33)26-31(29)41-34-19-10-14-25-38-34/h4,7,20-21,27-35H,2-3,5-6,8-19,22-26H2,1H3/t27-,28+,29+,30-,31+,32?,33?,34?/m0/s1. The van der Waals surface area contributed by atoms with E-state index in [1.54, 1.807) is 0 Å². The minimum Gasteiger partial charge on any atom is -0.396 e. The molecular weight excluding hydrogens is 520 g/mol. The minimum absolute atomic E-state index is 0.0287. The van der Waals surface area contributed by atoms with Crippen LogP contribution in [-0.4, -0.2) is 68.7 Å². The lowest BCUT2D eigenvalue weighted by Crippen LogP contribution is -2.31. The second-order valence-corrected chi connectivity index (χ2v) is 12.3. The number of unbranched alkanes of at least 4 members (excludes halogenated alkanes) is 3. The van der Waals surface area contributed by atoms with E-state index in [1.807, 2.05) is 0 Å². The van der Waals surface area contributed by atoms with Crippen LogP contribution >= 0.6 is 0 Å². The monoisotopic (exact) mass is 578 g/mol. The van der Waals surface area contributed by atoms with Gasteiger partial charge in [0.15, 0.2) is 18.9 Å². The van der Waals surface area contributed by atoms with Gasteiger partial charge in [-0.25, -0.2) is 0 Å². The predicted molar refractivity (Wildman–Crippen MR) is 160 cm³/mol. The second-order valence-electron chi connectivity index (χ2n) is 12.3. The summed E-state index contributed by atoms with van der Waals surface area (Å²) in [6, 6.07) is 0. The largest absolute Gasteiger partial charge is 0.396 e. The minimum atomic E-state index is -0.137. The summed E-state index contributed by atoms with van der Waals surface area (Å²) in [5.41, 5.74) is 0. The highest BCUT2D eigenvalue weighted by Crippen LogP contribution is 2.42. The van der Waals surface area contributed by atoms with E-state index >= 15 is 0 Å². The molecule has 1 saturated carbocycles. The van der Waals surface area contributed by atoms with Crippen LogP contribution < -0.4 is 0 Å². The molecule has 0 amide bonds. The summed E-state index contributed by atoms with van der Waals surface area (Å²) in [7, 11) is 0. The molecule has 3 heterocycles. The number of rotatable bonds is 17. The zero-order valence-corrected chi connectivity index (χ0v) is 25.7. The molecular formula is C34H58O7. The summed E-state index contributed by atoms with van der Waals surface area (Å²) >= 11 is 0. The Morgan fingerprint density at radius 3 is 2.05 bits per heavy atom. The summed E-state index contributed by atoms with van der Waals surface area (Å²) in [6.07, 6.45) is 26.7. The fraction of sp³-hybridized carbons (Fsp3) is 0.882. The van der Waals surface area contributed by atoms with Crippen LogP contribution in [0.3, 0.4) is 0 Å². The first-order chi connectivity index (χ1) is 20.3. The summed E-state index contributed by atoms with van der Waals surface area (Å²) < 4.78 is 38.0. The van der Waals surface area contributed by atoms with Gasteiger partial charge in [-0.05, 0) is 89.4 Å². The van der Waals surface area contributed by atoms with Gasteiger partial charge in [-0.2, -0.15) is 0 Å². The molecule has 7 nitrogen and oxygen atoms in total. The van der Waals surface area contributed by atoms with E-state index in [-0.39, 0.29) is 55.6 Å². The van der Waals surface area contributed by atoms with Crippen molar-refractivity contribution in [3.8, 4) is 0 Å². The van der Waals surface area contributed by atoms with Crippen molar-refractivity contribution >= 4 is 0 Å². The van der Waals surface area contributed by atoms with Crippen LogP contribution in [0.15, 0.2) is 24.3 Å². The summed E-state index contributed by atoms with van der Waals surface area (Å²) in [6.45, 7) is 4.83. The molecule has 3 saturated heterocycles. The van der Waals surface area contributed by atoms with Crippen molar-refractivity contribution in [3.63, 3.8) is 0 Å². The number of aliphatic hydroxyl groups excluding tert-OH is 1. The lowest BCUT2D eigenvalue weighted by Gasteiger charge is -2.30. The number of allylic oxidation sites excluding steroid dienone is 2. The number of ether oxygens (including phenoxy) is 6. The molecule has 0 aromatic rings. The second kappa shape index (κ2) is 19.5. The van der Waals surface area contributed by atoms with Crippen LogP contribution in [0.5, 0.6) is 0 Å². The number of hydrogen-bond donors (Lipinski definition) is 1. The van der Waals surface area contributed by atoms with E-state index in [1.165, 1.54) is 19.3 Å². The Morgan fingerprint density at radius 2 is 1.44 bits per heavy atom. The van der Waals surface area contributed by atoms with Crippen molar-refractivity contribution in [2.24, 2.45) is 11.8 Å². The molecule has 8 atom stereocenters. The Balaban J connectivity index is 1.51. The summed E-state index contributed by atoms with van der Waals surface area (Å²) in [5, 5.41) is 9.22. The highest BCUT2D eigenvalue weighted by molar-refractivity contribution is 5.07. The first kappa shape index (κ1) is 33.1. The van der Waals surface area contributed by atoms with Crippen molar-refractivity contribution in [2.75, 3.05) is 26.4 Å². The number of aliphatic hydroxyl groups is 1. The maximum absolute atomic E-state index is 9.22. The Morgan fingerprint density at radius 1 is 0.780 bits per heavy atom. The van der Waals surface area contributed by atoms with Gasteiger partial charge in [0.1, 0.15) is 0 Å². The van der Waals surface area contributed by atoms with Gasteiger partial charge in [0, 0.05) is 38.8 Å². The van der Waals surface area contributed by atoms with Crippen LogP contribution in [0, 0.1) is 11.8 Å². The highest BCUT2D eigenvalue weighted by atomic mass is 16.7. The first-order valence-corrected chi connectivity index (χ1v) is 17.0. The normalized spacial score (nSPS) is 34.0. The molecule has 0 spiro atoms. The van der Waals surface area contributed by atoms with Gasteiger partial charge in [0.05, 0.1) is 18.3 Å². The Kier molecular flexibility index (Phi) is 15.7. The highest BCUT2D eigenvalue weighted by Gasteiger charge is 2.45. The van der Waals surface area contributed by atoms with Gasteiger partial charge in [0.25, 0.3) is 0 Å². The van der Waals surface area contributed by atoms with E-state index in [2.05, 4.69) is 31.2 Å². The molecule has 3 aliphatic heterocycles. The topological polar surface area (TPSA) is 75.6 Å². The van der Waals surface area contributed by atoms with E-state index in [0.29, 0.717) is 0 Å². The molecule has 41 heavy (non-hydrogen) atoms. The Hall–Kier alpha value is -0.800. The van der Waals surface area contributed by atoms with Gasteiger partial charge in [-0.1, -0.05) is 50.5 Å². The molecule has 236 valence electrons. The predicted octanol–water partition coefficient (Wildman–Crippen LogP) is 7.21. The van der Waals surface area contributed by atoms with Crippen LogP contribution in [0.2, 0.25) is 0 Å². The fourth-order valence-electron chi connectivity index (χ4n) is 6.64. The maximum atomic E-state index is 9.22. The average molecular weight is 579 g/mol. The van der Waals surface area contributed by atoms with Crippen molar-refractivity contribution < 1.29 is 33.5 Å². The molecule has 0 radical (unpaired) electrons. The zero-order valence-electron chi connectivity index (χ0n) is 25.7. The summed E-state index contributed by atoms with van der Waals surface area (Å²) in [5.74, 6) is 0.471. The lowest BCUT2D eigenvalue weighted by molar-refractivity contribution is -0.203. The third-order valence-corrected chi connectivity index (χ3v) is 9.00. The SMILES string of the molecule is CCCCC[C@@H](C=C[C@@H]1[C@@H](CC=CCCCO)[C@@H](OC2CCCCO2)C[C@H]1OC1CCCCO1)OC1CCCCO1. The number of hydrogen-bond acceptors (Lipinski definition) is 7. The van der Waals surface area contributed by atoms with Crippen molar-refractivity contribution in [1.82, 2.24) is 0 Å². The van der Waals surface area contributed by atoms with E-state index < -0.39 is 0 Å². The molecule has 1 N–H and O–H groups in total. The molecule has 0 aromatic carbocycles. The van der Waals surface area contributed by atoms with Gasteiger partial charge < -0.3 is 33.5 Å². The molecule has 7 heteroatoms. The smallest absolute Gasteiger partial charge is 0.158 e. The average Bonchev–Trinajstić information content (AvgIpc) is 3.32. The summed E-state index contributed by atoms with van der Waals surface area (Å²) in [4.78, 5) is 0. The molecule has 4 aliphatic rings. The van der Waals surface area contributed by atoms with Crippen molar-refractivity contribution in [1.29, 1.82) is 0 Å². The molecule has 0 bridgehead atoms. The quantitative estimate of drug-likeness (QED) is 0.144. The molecule has 3 unspecified atom stereocenters. The zero-order chi connectivity index (χ0) is 28.5. The van der Waals surface area contributed by atoms with E-state index in [4.69, 9.17) is 28.4 Å². The van der Waals surface area contributed by atoms with Gasteiger partial charge in [-0.15, -0.1) is 0 Å². The van der Waals surface area contributed by atoms with Crippen LogP contribution in [0.4, 0.5) is 0 Å². The van der Waals surface area contributed by atoms with Crippen molar-refractivity contribution in [2.45, 2.75) is 153 Å². The fourth-order valence-corrected chi connectivity index (χ4v) is 6.64. The van der Waals surface area contributed by atoms with Gasteiger partial charge >= 0.3 is 0 Å². The molecule has 4 fully saturated rings. The van der Waals surface area contributed by atoms with Gasteiger partial charge in [0.2, 0.25) is 0 Å². The first-order valence-electron chi connectivity index (χ1n) is 17.0. The Bertz CT molecular complexity index is 725. The molecule has 0 aromatic heterocycles. The van der Waals surface area contributed by atoms with Crippen LogP contribution in [-0.2, 0) is 28.4 Å². The van der Waals surface area contributed by atoms with Crippen LogP contribution in [0.1, 0.15) is 116 Å². The molecule has 1 aliphatic carbocycles. The third-order valence-electron chi connectivity index (χ3n) is 9.00. The third kappa shape index (κ3) is 11.7. The molecule has 4 rings (SSSR count). The van der Waals surface area contributed by atoms with Crippen LogP contribution in [0.25, 0.3) is 0 Å². The Labute approximate surface area is 249 Å². The van der Waals surface area contributed by atoms with E-state index in [9.17, 15) is 5.11 Å². The van der Waals surface area contributed by atoms with E-state index in [0.717, 1.165) is 110 Å². The lowest BCUT2D eigenvalue weighted by atomic mass is 9.89.